The van der Waals surface area contributed by atoms with Crippen LogP contribution in [-0.2, 0) is 9.59 Å². The smallest absolute Gasteiger partial charge is 0.222 e. The van der Waals surface area contributed by atoms with Gasteiger partial charge in [0.2, 0.25) is 11.8 Å². The second kappa shape index (κ2) is 8.57. The van der Waals surface area contributed by atoms with Crippen molar-refractivity contribution >= 4 is 11.8 Å². The lowest BCUT2D eigenvalue weighted by Crippen LogP contribution is -2.68. The third-order valence-corrected chi connectivity index (χ3v) is 5.72. The quantitative estimate of drug-likeness (QED) is 0.838. The van der Waals surface area contributed by atoms with E-state index in [0.717, 1.165) is 16.7 Å². The predicted octanol–water partition coefficient (Wildman–Crippen LogP) is 2.90. The topological polar surface area (TPSA) is 60.9 Å². The summed E-state index contributed by atoms with van der Waals surface area (Å²) < 4.78 is 0. The molecule has 0 aromatic heterocycles. The maximum absolute atomic E-state index is 12.5. The predicted molar refractivity (Wildman–Crippen MR) is 110 cm³/mol. The molecule has 1 aliphatic heterocycles. The van der Waals surface area contributed by atoms with Crippen LogP contribution in [0.5, 0.6) is 0 Å². The van der Waals surface area contributed by atoms with Gasteiger partial charge in [-0.2, -0.15) is 0 Å². The summed E-state index contributed by atoms with van der Waals surface area (Å²) in [5.41, 5.74) is 3.36. The fraction of sp³-hybridized carbons (Fsp3) is 0.391. The molecule has 5 nitrogen and oxygen atoms in total. The van der Waals surface area contributed by atoms with Gasteiger partial charge in [-0.25, -0.2) is 0 Å². The largest absolute Gasteiger partial charge is 0.394 e. The van der Waals surface area contributed by atoms with Crippen molar-refractivity contribution < 1.29 is 14.7 Å². The Hall–Kier alpha value is -2.66. The van der Waals surface area contributed by atoms with E-state index < -0.39 is 0 Å². The molecule has 0 aliphatic carbocycles. The van der Waals surface area contributed by atoms with Crippen molar-refractivity contribution in [2.75, 3.05) is 20.2 Å². The minimum Gasteiger partial charge on any atom is -0.394 e. The normalized spacial score (nSPS) is 21.1. The summed E-state index contributed by atoms with van der Waals surface area (Å²) in [6.45, 7) is 3.72. The number of nitrogens with zero attached hydrogens (tertiary/aromatic N) is 2. The lowest BCUT2D eigenvalue weighted by molar-refractivity contribution is -0.153. The van der Waals surface area contributed by atoms with Gasteiger partial charge in [-0.15, -0.1) is 0 Å². The number of aliphatic hydroxyl groups is 1. The van der Waals surface area contributed by atoms with Crippen molar-refractivity contribution in [2.45, 2.75) is 38.3 Å². The van der Waals surface area contributed by atoms with Crippen LogP contribution in [0, 0.1) is 0 Å². The van der Waals surface area contributed by atoms with Crippen LogP contribution in [0.15, 0.2) is 54.6 Å². The molecular formula is C23H28N2O3. The van der Waals surface area contributed by atoms with Gasteiger partial charge in [-0.05, 0) is 16.7 Å². The average molecular weight is 380 g/mol. The Morgan fingerprint density at radius 2 is 1.61 bits per heavy atom. The number of hydrogen-bond acceptors (Lipinski definition) is 3. The van der Waals surface area contributed by atoms with Gasteiger partial charge in [0.25, 0.3) is 0 Å². The molecule has 2 aromatic carbocycles. The summed E-state index contributed by atoms with van der Waals surface area (Å²) in [6.07, 6.45) is 0.385. The maximum Gasteiger partial charge on any atom is 0.222 e. The Morgan fingerprint density at radius 1 is 1.00 bits per heavy atom. The molecule has 5 heteroatoms. The Balaban J connectivity index is 1.88. The zero-order valence-corrected chi connectivity index (χ0v) is 16.7. The molecule has 0 saturated carbocycles. The summed E-state index contributed by atoms with van der Waals surface area (Å²) >= 11 is 0. The van der Waals surface area contributed by atoms with Crippen LogP contribution in [0.25, 0.3) is 11.1 Å². The molecule has 0 bridgehead atoms. The highest BCUT2D eigenvalue weighted by Gasteiger charge is 2.50. The number of carbonyl (C=O) groups is 2. The minimum atomic E-state index is -0.250. The first-order valence-electron chi connectivity index (χ1n) is 9.77. The number of amides is 2. The van der Waals surface area contributed by atoms with Crippen LogP contribution in [0.2, 0.25) is 0 Å². The molecule has 1 fully saturated rings. The molecule has 2 aromatic rings. The highest BCUT2D eigenvalue weighted by molar-refractivity contribution is 5.79. The first-order chi connectivity index (χ1) is 13.5. The Morgan fingerprint density at radius 3 is 2.14 bits per heavy atom. The number of hydrogen-bond donors (Lipinski definition) is 1. The van der Waals surface area contributed by atoms with E-state index in [4.69, 9.17) is 0 Å². The lowest BCUT2D eigenvalue weighted by atomic mass is 9.74. The van der Waals surface area contributed by atoms with Crippen molar-refractivity contribution in [3.63, 3.8) is 0 Å². The Labute approximate surface area is 166 Å². The SMILES string of the molecule is CCC(=O)N1[C@H](CN(C)C(C)=O)[C@@H](c2ccc(-c3ccccc3)cc2)[C@@H]1CO. The van der Waals surface area contributed by atoms with Crippen LogP contribution in [0.4, 0.5) is 0 Å². The third-order valence-electron chi connectivity index (χ3n) is 5.72. The van der Waals surface area contributed by atoms with Crippen molar-refractivity contribution in [3.05, 3.63) is 60.2 Å². The molecule has 148 valence electrons. The summed E-state index contributed by atoms with van der Waals surface area (Å²) in [5.74, 6) is -0.0141. The van der Waals surface area contributed by atoms with E-state index in [0.29, 0.717) is 13.0 Å². The molecule has 0 radical (unpaired) electrons. The van der Waals surface area contributed by atoms with Gasteiger partial charge in [0.05, 0.1) is 18.7 Å². The summed E-state index contributed by atoms with van der Waals surface area (Å²) in [4.78, 5) is 27.6. The van der Waals surface area contributed by atoms with Gasteiger partial charge < -0.3 is 14.9 Å². The molecule has 1 aliphatic rings. The molecular weight excluding hydrogens is 352 g/mol. The standard InChI is InChI=1S/C23H28N2O3/c1-4-22(28)25-20(14-24(3)16(2)27)23(21(25)15-26)19-12-10-18(11-13-19)17-8-6-5-7-9-17/h5-13,20-21,23,26H,4,14-15H2,1-3H3/t20-,21+,23-/m1/s1. The number of likely N-dealkylation sites (N-methyl/N-ethyl adjacent to an activating group) is 1. The fourth-order valence-electron chi connectivity index (χ4n) is 4.08. The number of aliphatic hydroxyl groups excluding tert-OH is 1. The molecule has 0 spiro atoms. The summed E-state index contributed by atoms with van der Waals surface area (Å²) in [6, 6.07) is 18.1. The van der Waals surface area contributed by atoms with Crippen molar-refractivity contribution in [2.24, 2.45) is 0 Å². The average Bonchev–Trinajstić information content (AvgIpc) is 2.71. The monoisotopic (exact) mass is 380 g/mol. The van der Waals surface area contributed by atoms with Crippen LogP contribution < -0.4 is 0 Å². The van der Waals surface area contributed by atoms with Gasteiger partial charge in [-0.3, -0.25) is 9.59 Å². The number of likely N-dealkylation sites (tertiary alicyclic amines) is 1. The van der Waals surface area contributed by atoms with E-state index in [-0.39, 0.29) is 36.4 Å². The maximum atomic E-state index is 12.5. The zero-order chi connectivity index (χ0) is 20.3. The number of carbonyl (C=O) groups excluding carboxylic acids is 2. The van der Waals surface area contributed by atoms with E-state index in [9.17, 15) is 14.7 Å². The first-order valence-corrected chi connectivity index (χ1v) is 9.77. The zero-order valence-electron chi connectivity index (χ0n) is 16.7. The fourth-order valence-corrected chi connectivity index (χ4v) is 4.08. The van der Waals surface area contributed by atoms with Gasteiger partial charge in [0.15, 0.2) is 0 Å². The van der Waals surface area contributed by atoms with Crippen molar-refractivity contribution in [3.8, 4) is 11.1 Å². The van der Waals surface area contributed by atoms with Gasteiger partial charge in [0, 0.05) is 32.9 Å². The Bertz CT molecular complexity index is 820. The molecule has 2 amide bonds. The lowest BCUT2D eigenvalue weighted by Gasteiger charge is -2.55. The summed E-state index contributed by atoms with van der Waals surface area (Å²) in [5, 5.41) is 9.95. The second-order valence-corrected chi connectivity index (χ2v) is 7.39. The van der Waals surface area contributed by atoms with Crippen LogP contribution in [0.1, 0.15) is 31.7 Å². The number of benzene rings is 2. The molecule has 1 N–H and O–H groups in total. The minimum absolute atomic E-state index is 0.00660. The van der Waals surface area contributed by atoms with E-state index in [2.05, 4.69) is 36.4 Å². The third kappa shape index (κ3) is 3.80. The molecule has 28 heavy (non-hydrogen) atoms. The van der Waals surface area contributed by atoms with Crippen molar-refractivity contribution in [1.29, 1.82) is 0 Å². The highest BCUT2D eigenvalue weighted by Crippen LogP contribution is 2.41. The van der Waals surface area contributed by atoms with Crippen LogP contribution >= 0.6 is 0 Å². The molecule has 3 atom stereocenters. The Kier molecular flexibility index (Phi) is 6.15. The molecule has 1 saturated heterocycles. The number of rotatable bonds is 6. The van der Waals surface area contributed by atoms with E-state index in [1.165, 1.54) is 6.92 Å². The molecule has 3 rings (SSSR count). The second-order valence-electron chi connectivity index (χ2n) is 7.39. The molecule has 0 unspecified atom stereocenters. The van der Waals surface area contributed by atoms with E-state index in [1.54, 1.807) is 16.8 Å². The van der Waals surface area contributed by atoms with Crippen LogP contribution in [-0.4, -0.2) is 59.0 Å². The van der Waals surface area contributed by atoms with E-state index in [1.807, 2.05) is 25.1 Å². The van der Waals surface area contributed by atoms with Gasteiger partial charge >= 0.3 is 0 Å². The molecule has 1 heterocycles. The van der Waals surface area contributed by atoms with Gasteiger partial charge in [0.1, 0.15) is 0 Å². The highest BCUT2D eigenvalue weighted by atomic mass is 16.3. The van der Waals surface area contributed by atoms with Gasteiger partial charge in [-0.1, -0.05) is 61.5 Å². The van der Waals surface area contributed by atoms with E-state index >= 15 is 0 Å². The summed E-state index contributed by atoms with van der Waals surface area (Å²) in [7, 11) is 1.75. The first kappa shape index (κ1) is 20.1. The van der Waals surface area contributed by atoms with Crippen molar-refractivity contribution in [1.82, 2.24) is 9.80 Å². The van der Waals surface area contributed by atoms with Crippen LogP contribution in [0.3, 0.4) is 0 Å².